The summed E-state index contributed by atoms with van der Waals surface area (Å²) in [4.78, 5) is 11.4. The quantitative estimate of drug-likeness (QED) is 0.234. The molecule has 3 nitrogen and oxygen atoms in total. The van der Waals surface area contributed by atoms with Crippen LogP contribution in [0.1, 0.15) is 71.1 Å². The van der Waals surface area contributed by atoms with Crippen LogP contribution in [0.4, 0.5) is 13.2 Å². The Hall–Kier alpha value is -1.82. The highest BCUT2D eigenvalue weighted by atomic mass is 19.4. The van der Waals surface area contributed by atoms with Crippen LogP contribution in [0.2, 0.25) is 0 Å². The first-order valence-corrected chi connectivity index (χ1v) is 10.5. The zero-order valence-electron chi connectivity index (χ0n) is 17.5. The number of carbonyl (C=O) groups is 1. The van der Waals surface area contributed by atoms with Gasteiger partial charge in [0.1, 0.15) is 0 Å². The van der Waals surface area contributed by atoms with E-state index in [2.05, 4.69) is 48.7 Å². The summed E-state index contributed by atoms with van der Waals surface area (Å²) in [6.45, 7) is 1.41. The Kier molecular flexibility index (Phi) is 17.1. The monoisotopic (exact) mass is 415 g/mol. The van der Waals surface area contributed by atoms with Gasteiger partial charge in [-0.25, -0.2) is 0 Å². The number of hydrogen-bond acceptors (Lipinski definition) is 2. The molecule has 0 saturated heterocycles. The normalized spacial score (nSPS) is 14.0. The van der Waals surface area contributed by atoms with E-state index in [9.17, 15) is 18.0 Å². The standard InChI is InChI=1S/C23H36F3NO2/c1-2-3-4-5-6-7-8-9-10-11-12-13-14-15-16-17-18-19-22(29)27-20-21(28)23(24,25)26/h6-7,9-10,12-13,15-16,21,28H,2-5,8,11,14,17-20H2,1H3,(H,27,29)/b7-6-,10-9-,13-12-,16-15-. The molecular weight excluding hydrogens is 379 g/mol. The van der Waals surface area contributed by atoms with Crippen LogP contribution in [0.25, 0.3) is 0 Å². The highest BCUT2D eigenvalue weighted by molar-refractivity contribution is 5.75. The van der Waals surface area contributed by atoms with Crippen molar-refractivity contribution in [3.63, 3.8) is 0 Å². The largest absolute Gasteiger partial charge is 0.416 e. The average molecular weight is 416 g/mol. The van der Waals surface area contributed by atoms with Crippen LogP contribution in [0, 0.1) is 0 Å². The number of halogens is 3. The van der Waals surface area contributed by atoms with Crippen LogP contribution >= 0.6 is 0 Å². The second kappa shape index (κ2) is 18.2. The SMILES string of the molecule is CCCCC/C=C\C/C=C\C/C=C\C/C=C\CCCC(=O)NCC(O)C(F)(F)F. The predicted octanol–water partition coefficient (Wildman–Crippen LogP) is 6.17. The third-order valence-electron chi connectivity index (χ3n) is 4.10. The first kappa shape index (κ1) is 27.2. The van der Waals surface area contributed by atoms with Gasteiger partial charge in [-0.05, 0) is 44.9 Å². The Labute approximate surface area is 173 Å². The van der Waals surface area contributed by atoms with E-state index in [0.717, 1.165) is 19.3 Å². The van der Waals surface area contributed by atoms with Crippen molar-refractivity contribution in [3.05, 3.63) is 48.6 Å². The summed E-state index contributed by atoms with van der Waals surface area (Å²) in [5.74, 6) is -0.482. The second-order valence-electron chi connectivity index (χ2n) is 6.84. The number of rotatable bonds is 16. The van der Waals surface area contributed by atoms with E-state index in [1.165, 1.54) is 25.7 Å². The molecule has 0 aromatic carbocycles. The van der Waals surface area contributed by atoms with Gasteiger partial charge in [-0.2, -0.15) is 13.2 Å². The first-order valence-electron chi connectivity index (χ1n) is 10.5. The summed E-state index contributed by atoms with van der Waals surface area (Å²) < 4.78 is 36.3. The minimum Gasteiger partial charge on any atom is -0.382 e. The fourth-order valence-corrected chi connectivity index (χ4v) is 2.36. The lowest BCUT2D eigenvalue weighted by atomic mass is 10.2. The molecule has 0 heterocycles. The maximum Gasteiger partial charge on any atom is 0.416 e. The van der Waals surface area contributed by atoms with E-state index in [1.54, 1.807) is 0 Å². The fraction of sp³-hybridized carbons (Fsp3) is 0.609. The number of hydrogen-bond donors (Lipinski definition) is 2. The van der Waals surface area contributed by atoms with Gasteiger partial charge in [0.15, 0.2) is 6.10 Å². The van der Waals surface area contributed by atoms with E-state index in [1.807, 2.05) is 12.2 Å². The molecule has 0 aromatic rings. The van der Waals surface area contributed by atoms with E-state index >= 15 is 0 Å². The summed E-state index contributed by atoms with van der Waals surface area (Å²) in [6, 6.07) is 0. The average Bonchev–Trinajstić information content (AvgIpc) is 2.67. The van der Waals surface area contributed by atoms with Crippen molar-refractivity contribution in [1.82, 2.24) is 5.32 Å². The third kappa shape index (κ3) is 19.3. The number of nitrogens with one attached hydrogen (secondary N) is 1. The van der Waals surface area contributed by atoms with E-state index in [-0.39, 0.29) is 6.42 Å². The molecular formula is C23H36F3NO2. The Morgan fingerprint density at radius 2 is 1.34 bits per heavy atom. The lowest BCUT2D eigenvalue weighted by Gasteiger charge is -2.14. The Morgan fingerprint density at radius 1 is 0.862 bits per heavy atom. The molecule has 0 rings (SSSR count). The minimum atomic E-state index is -4.70. The summed E-state index contributed by atoms with van der Waals surface area (Å²) in [7, 11) is 0. The Balaban J connectivity index is 3.59. The predicted molar refractivity (Wildman–Crippen MR) is 113 cm³/mol. The van der Waals surface area contributed by atoms with Crippen molar-refractivity contribution in [2.75, 3.05) is 6.54 Å². The molecule has 0 aliphatic heterocycles. The lowest BCUT2D eigenvalue weighted by Crippen LogP contribution is -2.40. The van der Waals surface area contributed by atoms with E-state index in [0.29, 0.717) is 12.8 Å². The van der Waals surface area contributed by atoms with Crippen molar-refractivity contribution >= 4 is 5.91 Å². The number of alkyl halides is 3. The molecule has 0 aliphatic carbocycles. The molecule has 1 amide bonds. The van der Waals surface area contributed by atoms with Crippen LogP contribution in [-0.4, -0.2) is 29.8 Å². The second-order valence-corrected chi connectivity index (χ2v) is 6.84. The number of amides is 1. The number of aliphatic hydroxyl groups excluding tert-OH is 1. The maximum atomic E-state index is 12.1. The van der Waals surface area contributed by atoms with Gasteiger partial charge in [-0.3, -0.25) is 4.79 Å². The molecule has 0 saturated carbocycles. The highest BCUT2D eigenvalue weighted by Gasteiger charge is 2.38. The van der Waals surface area contributed by atoms with Crippen molar-refractivity contribution in [2.45, 2.75) is 83.4 Å². The van der Waals surface area contributed by atoms with Crippen LogP contribution in [0.15, 0.2) is 48.6 Å². The number of aliphatic hydroxyl groups is 1. The van der Waals surface area contributed by atoms with Crippen LogP contribution in [0.3, 0.4) is 0 Å². The first-order chi connectivity index (χ1) is 13.9. The highest BCUT2D eigenvalue weighted by Crippen LogP contribution is 2.19. The van der Waals surface area contributed by atoms with Crippen LogP contribution < -0.4 is 5.32 Å². The zero-order chi connectivity index (χ0) is 21.8. The molecule has 0 aliphatic rings. The number of unbranched alkanes of at least 4 members (excludes halogenated alkanes) is 4. The van der Waals surface area contributed by atoms with Gasteiger partial charge in [0.25, 0.3) is 0 Å². The fourth-order valence-electron chi connectivity index (χ4n) is 2.36. The third-order valence-corrected chi connectivity index (χ3v) is 4.10. The van der Waals surface area contributed by atoms with Gasteiger partial charge in [0.05, 0.1) is 6.54 Å². The molecule has 0 radical (unpaired) electrons. The minimum absolute atomic E-state index is 0.141. The number of carbonyl (C=O) groups excluding carboxylic acids is 1. The summed E-state index contributed by atoms with van der Waals surface area (Å²) >= 11 is 0. The van der Waals surface area contributed by atoms with Gasteiger partial charge in [-0.1, -0.05) is 68.4 Å². The molecule has 166 valence electrons. The van der Waals surface area contributed by atoms with Gasteiger partial charge < -0.3 is 10.4 Å². The van der Waals surface area contributed by atoms with Gasteiger partial charge in [-0.15, -0.1) is 0 Å². The van der Waals surface area contributed by atoms with E-state index < -0.39 is 24.7 Å². The van der Waals surface area contributed by atoms with Crippen molar-refractivity contribution < 1.29 is 23.1 Å². The number of allylic oxidation sites excluding steroid dienone is 8. The zero-order valence-corrected chi connectivity index (χ0v) is 17.5. The molecule has 1 unspecified atom stereocenters. The van der Waals surface area contributed by atoms with E-state index in [4.69, 9.17) is 5.11 Å². The molecule has 1 atom stereocenters. The molecule has 29 heavy (non-hydrogen) atoms. The molecule has 0 spiro atoms. The Bertz CT molecular complexity index is 523. The van der Waals surface area contributed by atoms with Crippen LogP contribution in [-0.2, 0) is 4.79 Å². The van der Waals surface area contributed by atoms with Crippen LogP contribution in [0.5, 0.6) is 0 Å². The maximum absolute atomic E-state index is 12.1. The molecule has 0 fully saturated rings. The summed E-state index contributed by atoms with van der Waals surface area (Å²) in [5.41, 5.74) is 0. The molecule has 0 aromatic heterocycles. The molecule has 0 bridgehead atoms. The van der Waals surface area contributed by atoms with Gasteiger partial charge in [0, 0.05) is 6.42 Å². The van der Waals surface area contributed by atoms with Crippen molar-refractivity contribution in [3.8, 4) is 0 Å². The summed E-state index contributed by atoms with van der Waals surface area (Å²) in [5, 5.41) is 10.9. The smallest absolute Gasteiger partial charge is 0.382 e. The lowest BCUT2D eigenvalue weighted by molar-refractivity contribution is -0.201. The van der Waals surface area contributed by atoms with Gasteiger partial charge in [0.2, 0.25) is 5.91 Å². The van der Waals surface area contributed by atoms with Crippen molar-refractivity contribution in [2.24, 2.45) is 0 Å². The Morgan fingerprint density at radius 3 is 1.83 bits per heavy atom. The summed E-state index contributed by atoms with van der Waals surface area (Å²) in [6.07, 6.45) is 18.8. The molecule has 2 N–H and O–H groups in total. The van der Waals surface area contributed by atoms with Gasteiger partial charge >= 0.3 is 6.18 Å². The molecule has 6 heteroatoms. The topological polar surface area (TPSA) is 49.3 Å². The van der Waals surface area contributed by atoms with Crippen molar-refractivity contribution in [1.29, 1.82) is 0 Å².